The summed E-state index contributed by atoms with van der Waals surface area (Å²) in [5.74, 6) is -1.15. The number of carboxylic acids is 1. The first-order valence-electron chi connectivity index (χ1n) is 5.63. The minimum Gasteiger partial charge on any atom is -0.478 e. The zero-order valence-corrected chi connectivity index (χ0v) is 12.6. The molecule has 1 aromatic heterocycles. The normalized spacial score (nSPS) is 12.6. The van der Waals surface area contributed by atoms with Crippen LogP contribution < -0.4 is 4.72 Å². The molecule has 0 atom stereocenters. The summed E-state index contributed by atoms with van der Waals surface area (Å²) < 4.78 is 31.7. The number of sulfonamides is 1. The zero-order chi connectivity index (χ0) is 14.7. The summed E-state index contributed by atoms with van der Waals surface area (Å²) in [6.45, 7) is 5.97. The largest absolute Gasteiger partial charge is 0.478 e. The highest BCUT2D eigenvalue weighted by atomic mass is 32.2. The molecular formula is C11H17NO5S2. The fourth-order valence-electron chi connectivity index (χ4n) is 1.35. The molecule has 0 fully saturated rings. The zero-order valence-electron chi connectivity index (χ0n) is 11.0. The topological polar surface area (TPSA) is 92.7 Å². The molecular weight excluding hydrogens is 290 g/mol. The van der Waals surface area contributed by atoms with Crippen LogP contribution in [0.2, 0.25) is 0 Å². The number of rotatable bonds is 7. The van der Waals surface area contributed by atoms with Crippen LogP contribution >= 0.6 is 11.3 Å². The molecule has 8 heteroatoms. The molecule has 0 spiro atoms. The highest BCUT2D eigenvalue weighted by Crippen LogP contribution is 2.20. The Kier molecular flexibility index (Phi) is 5.08. The molecule has 1 aromatic rings. The Hall–Kier alpha value is -0.960. The van der Waals surface area contributed by atoms with Gasteiger partial charge in [0.1, 0.15) is 4.21 Å². The maximum absolute atomic E-state index is 12.0. The van der Waals surface area contributed by atoms with Crippen molar-refractivity contribution in [1.82, 2.24) is 4.72 Å². The summed E-state index contributed by atoms with van der Waals surface area (Å²) in [5.41, 5.74) is -0.649. The Labute approximate surface area is 116 Å². The fourth-order valence-corrected chi connectivity index (χ4v) is 3.75. The number of carbonyl (C=O) groups is 1. The molecule has 0 saturated heterocycles. The summed E-state index contributed by atoms with van der Waals surface area (Å²) in [6.07, 6.45) is 0. The average molecular weight is 307 g/mol. The second-order valence-corrected chi connectivity index (χ2v) is 7.38. The van der Waals surface area contributed by atoms with Crippen molar-refractivity contribution in [3.63, 3.8) is 0 Å². The first kappa shape index (κ1) is 16.1. The first-order chi connectivity index (χ1) is 8.68. The number of hydrogen-bond acceptors (Lipinski definition) is 5. The van der Waals surface area contributed by atoms with E-state index in [9.17, 15) is 13.2 Å². The van der Waals surface area contributed by atoms with Crippen LogP contribution in [0.1, 0.15) is 31.1 Å². The molecule has 0 aromatic carbocycles. The van der Waals surface area contributed by atoms with Crippen molar-refractivity contribution in [2.24, 2.45) is 0 Å². The van der Waals surface area contributed by atoms with Crippen LogP contribution in [0.4, 0.5) is 0 Å². The van der Waals surface area contributed by atoms with Crippen molar-refractivity contribution in [2.75, 3.05) is 13.2 Å². The molecule has 0 radical (unpaired) electrons. The van der Waals surface area contributed by atoms with Gasteiger partial charge in [0.2, 0.25) is 10.0 Å². The lowest BCUT2D eigenvalue weighted by Gasteiger charge is -2.24. The lowest BCUT2D eigenvalue weighted by atomic mass is 10.1. The van der Waals surface area contributed by atoms with E-state index in [4.69, 9.17) is 9.84 Å². The Morgan fingerprint density at radius 2 is 2.16 bits per heavy atom. The fraction of sp³-hybridized carbons (Fsp3) is 0.545. The molecule has 0 bridgehead atoms. The predicted molar refractivity (Wildman–Crippen MR) is 72.2 cm³/mol. The van der Waals surface area contributed by atoms with E-state index in [-0.39, 0.29) is 16.3 Å². The van der Waals surface area contributed by atoms with E-state index in [2.05, 4.69) is 4.72 Å². The number of aromatic carboxylic acids is 1. The van der Waals surface area contributed by atoms with Gasteiger partial charge in [-0.2, -0.15) is 0 Å². The summed E-state index contributed by atoms with van der Waals surface area (Å²) in [7, 11) is -3.70. The van der Waals surface area contributed by atoms with Crippen molar-refractivity contribution < 1.29 is 23.1 Å². The van der Waals surface area contributed by atoms with Crippen LogP contribution in [0.5, 0.6) is 0 Å². The minimum absolute atomic E-state index is 0.0165. The van der Waals surface area contributed by atoms with Gasteiger partial charge in [-0.05, 0) is 26.8 Å². The molecule has 1 rings (SSSR count). The third-order valence-corrected chi connectivity index (χ3v) is 5.15. The van der Waals surface area contributed by atoms with Gasteiger partial charge < -0.3 is 9.84 Å². The van der Waals surface area contributed by atoms with Gasteiger partial charge in [0.15, 0.2) is 0 Å². The molecule has 0 aliphatic rings. The second-order valence-electron chi connectivity index (χ2n) is 4.48. The standard InChI is InChI=1S/C11H17NO5S2/c1-4-17-11(2,3)7-12-19(15,16)9-5-8(6-18-9)10(13)14/h5-6,12H,4,7H2,1-3H3,(H,13,14). The number of nitrogens with one attached hydrogen (secondary N) is 1. The molecule has 108 valence electrons. The van der Waals surface area contributed by atoms with E-state index in [1.165, 1.54) is 5.38 Å². The van der Waals surface area contributed by atoms with Gasteiger partial charge in [0.25, 0.3) is 0 Å². The van der Waals surface area contributed by atoms with Crippen LogP contribution in [-0.2, 0) is 14.8 Å². The molecule has 0 saturated carbocycles. The molecule has 0 aliphatic heterocycles. The molecule has 0 aliphatic carbocycles. The Morgan fingerprint density at radius 1 is 1.53 bits per heavy atom. The van der Waals surface area contributed by atoms with E-state index in [0.29, 0.717) is 6.61 Å². The van der Waals surface area contributed by atoms with Crippen LogP contribution in [0.3, 0.4) is 0 Å². The van der Waals surface area contributed by atoms with Gasteiger partial charge in [-0.3, -0.25) is 0 Å². The van der Waals surface area contributed by atoms with Crippen molar-refractivity contribution in [3.8, 4) is 0 Å². The number of thiophene rings is 1. The number of hydrogen-bond donors (Lipinski definition) is 2. The van der Waals surface area contributed by atoms with Crippen LogP contribution in [-0.4, -0.2) is 38.2 Å². The summed E-state index contributed by atoms with van der Waals surface area (Å²) in [4.78, 5) is 10.7. The Morgan fingerprint density at radius 3 is 2.63 bits per heavy atom. The highest BCUT2D eigenvalue weighted by Gasteiger charge is 2.24. The summed E-state index contributed by atoms with van der Waals surface area (Å²) in [5, 5.41) is 10.1. The highest BCUT2D eigenvalue weighted by molar-refractivity contribution is 7.91. The first-order valence-corrected chi connectivity index (χ1v) is 7.99. The maximum Gasteiger partial charge on any atom is 0.336 e. The van der Waals surface area contributed by atoms with Crippen molar-refractivity contribution in [2.45, 2.75) is 30.6 Å². The molecule has 19 heavy (non-hydrogen) atoms. The Bertz CT molecular complexity index is 547. The molecule has 6 nitrogen and oxygen atoms in total. The number of ether oxygens (including phenoxy) is 1. The molecule has 1 heterocycles. The smallest absolute Gasteiger partial charge is 0.336 e. The van der Waals surface area contributed by atoms with Gasteiger partial charge in [-0.1, -0.05) is 0 Å². The Balaban J connectivity index is 2.78. The van der Waals surface area contributed by atoms with E-state index in [0.717, 1.165) is 17.4 Å². The SMILES string of the molecule is CCOC(C)(C)CNS(=O)(=O)c1cc(C(=O)O)cs1. The summed E-state index contributed by atoms with van der Waals surface area (Å²) >= 11 is 0.877. The lowest BCUT2D eigenvalue weighted by molar-refractivity contribution is -0.00514. The van der Waals surface area contributed by atoms with E-state index in [1.807, 2.05) is 6.92 Å². The average Bonchev–Trinajstić information content (AvgIpc) is 2.77. The third-order valence-electron chi connectivity index (χ3n) is 2.31. The second kappa shape index (κ2) is 6.00. The quantitative estimate of drug-likeness (QED) is 0.797. The van der Waals surface area contributed by atoms with Crippen LogP contribution in [0.15, 0.2) is 15.7 Å². The molecule has 0 unspecified atom stereocenters. The molecule has 2 N–H and O–H groups in total. The van der Waals surface area contributed by atoms with Gasteiger partial charge in [-0.25, -0.2) is 17.9 Å². The lowest BCUT2D eigenvalue weighted by Crippen LogP contribution is -2.40. The van der Waals surface area contributed by atoms with Crippen molar-refractivity contribution >= 4 is 27.3 Å². The van der Waals surface area contributed by atoms with Gasteiger partial charge in [0, 0.05) is 18.5 Å². The van der Waals surface area contributed by atoms with Gasteiger partial charge in [-0.15, -0.1) is 11.3 Å². The summed E-state index contributed by atoms with van der Waals surface area (Å²) in [6, 6.07) is 1.14. The van der Waals surface area contributed by atoms with E-state index < -0.39 is 21.6 Å². The van der Waals surface area contributed by atoms with E-state index >= 15 is 0 Å². The predicted octanol–water partition coefficient (Wildman–Crippen LogP) is 1.54. The van der Waals surface area contributed by atoms with Gasteiger partial charge in [0.05, 0.1) is 11.2 Å². The minimum atomic E-state index is -3.70. The van der Waals surface area contributed by atoms with Crippen molar-refractivity contribution in [3.05, 3.63) is 17.0 Å². The maximum atomic E-state index is 12.0. The molecule has 0 amide bonds. The van der Waals surface area contributed by atoms with Gasteiger partial charge >= 0.3 is 5.97 Å². The number of carboxylic acid groups (broad SMARTS) is 1. The third kappa shape index (κ3) is 4.57. The van der Waals surface area contributed by atoms with E-state index in [1.54, 1.807) is 13.8 Å². The van der Waals surface area contributed by atoms with Crippen LogP contribution in [0.25, 0.3) is 0 Å². The monoisotopic (exact) mass is 307 g/mol. The van der Waals surface area contributed by atoms with Crippen molar-refractivity contribution in [1.29, 1.82) is 0 Å². The van der Waals surface area contributed by atoms with Crippen LogP contribution in [0, 0.1) is 0 Å².